The second-order valence-corrected chi connectivity index (χ2v) is 13.9. The molecule has 0 saturated carbocycles. The van der Waals surface area contributed by atoms with Gasteiger partial charge in [0.05, 0.1) is 11.0 Å². The van der Waals surface area contributed by atoms with Gasteiger partial charge in [-0.05, 0) is 59.2 Å². The minimum atomic E-state index is 0.606. The summed E-state index contributed by atoms with van der Waals surface area (Å²) in [7, 11) is 0. The van der Waals surface area contributed by atoms with Crippen LogP contribution in [0.1, 0.15) is 0 Å². The Hall–Kier alpha value is -7.70. The predicted octanol–water partition coefficient (Wildman–Crippen LogP) is 12.6. The van der Waals surface area contributed by atoms with E-state index in [9.17, 15) is 0 Å². The number of rotatable bonds is 6. The van der Waals surface area contributed by atoms with Gasteiger partial charge in [-0.2, -0.15) is 0 Å². The summed E-state index contributed by atoms with van der Waals surface area (Å²) in [5.74, 6) is 1.86. The second-order valence-electron chi connectivity index (χ2n) is 13.9. The molecular formula is C50H31N5O. The number of hydrogen-bond acceptors (Lipinski definition) is 5. The van der Waals surface area contributed by atoms with Crippen molar-refractivity contribution in [2.75, 3.05) is 0 Å². The second kappa shape index (κ2) is 13.0. The standard InChI is InChI=1S/C50H31N5O/c1-4-13-32(14-5-1)42-30-51-31-43-40-28-35(36-24-26-46-41(29-36)39-21-10-11-22-45(39)56-46)23-25-44(40)55(47(42)43)38-20-12-19-37(27-38)50-53-48(33-15-6-2-7-16-33)52-49(54-50)34-17-8-3-9-18-34/h1-31H. The Morgan fingerprint density at radius 3 is 1.66 bits per heavy atom. The molecule has 4 aromatic heterocycles. The molecule has 0 radical (unpaired) electrons. The topological polar surface area (TPSA) is 69.6 Å². The van der Waals surface area contributed by atoms with Gasteiger partial charge in [-0.3, -0.25) is 4.98 Å². The number of pyridine rings is 1. The lowest BCUT2D eigenvalue weighted by atomic mass is 10.0. The van der Waals surface area contributed by atoms with Gasteiger partial charge in [-0.1, -0.05) is 133 Å². The molecule has 0 spiro atoms. The zero-order valence-corrected chi connectivity index (χ0v) is 30.0. The molecule has 6 nitrogen and oxygen atoms in total. The molecule has 6 heteroatoms. The molecule has 4 heterocycles. The van der Waals surface area contributed by atoms with Gasteiger partial charge in [-0.15, -0.1) is 0 Å². The minimum absolute atomic E-state index is 0.606. The summed E-state index contributed by atoms with van der Waals surface area (Å²) in [6.45, 7) is 0. The first-order valence-electron chi connectivity index (χ1n) is 18.6. The predicted molar refractivity (Wildman–Crippen MR) is 226 cm³/mol. The van der Waals surface area contributed by atoms with E-state index >= 15 is 0 Å². The van der Waals surface area contributed by atoms with E-state index in [0.29, 0.717) is 17.5 Å². The first kappa shape index (κ1) is 31.8. The van der Waals surface area contributed by atoms with E-state index in [1.807, 2.05) is 91.3 Å². The van der Waals surface area contributed by atoms with Crippen LogP contribution >= 0.6 is 0 Å². The largest absolute Gasteiger partial charge is 0.456 e. The van der Waals surface area contributed by atoms with Crippen molar-refractivity contribution in [1.29, 1.82) is 0 Å². The quantitative estimate of drug-likeness (QED) is 0.171. The molecule has 0 aliphatic carbocycles. The van der Waals surface area contributed by atoms with Crippen LogP contribution in [-0.2, 0) is 0 Å². The normalized spacial score (nSPS) is 11.6. The van der Waals surface area contributed by atoms with Gasteiger partial charge in [0, 0.05) is 61.9 Å². The molecule has 0 amide bonds. The van der Waals surface area contributed by atoms with Crippen LogP contribution in [0.25, 0.3) is 106 Å². The van der Waals surface area contributed by atoms with Gasteiger partial charge in [0.1, 0.15) is 11.2 Å². The van der Waals surface area contributed by atoms with Gasteiger partial charge in [0.25, 0.3) is 0 Å². The first-order valence-corrected chi connectivity index (χ1v) is 18.6. The maximum absolute atomic E-state index is 6.15. The lowest BCUT2D eigenvalue weighted by Gasteiger charge is -2.13. The number of nitrogens with zero attached hydrogens (tertiary/aromatic N) is 5. The van der Waals surface area contributed by atoms with Crippen molar-refractivity contribution >= 4 is 43.7 Å². The smallest absolute Gasteiger partial charge is 0.164 e. The fraction of sp³-hybridized carbons (Fsp3) is 0. The molecule has 0 unspecified atom stereocenters. The highest BCUT2D eigenvalue weighted by molar-refractivity contribution is 6.14. The monoisotopic (exact) mass is 717 g/mol. The van der Waals surface area contributed by atoms with E-state index < -0.39 is 0 Å². The third-order valence-electron chi connectivity index (χ3n) is 10.5. The van der Waals surface area contributed by atoms with Gasteiger partial charge in [-0.25, -0.2) is 15.0 Å². The molecule has 0 bridgehead atoms. The number of fused-ring (bicyclic) bond motifs is 6. The fourth-order valence-corrected chi connectivity index (χ4v) is 7.86. The summed E-state index contributed by atoms with van der Waals surface area (Å²) >= 11 is 0. The molecule has 11 aromatic rings. The molecule has 262 valence electrons. The summed E-state index contributed by atoms with van der Waals surface area (Å²) in [5, 5.41) is 4.41. The van der Waals surface area contributed by atoms with Gasteiger partial charge in [0.2, 0.25) is 0 Å². The Morgan fingerprint density at radius 1 is 0.375 bits per heavy atom. The molecule has 0 atom stereocenters. The number of hydrogen-bond donors (Lipinski definition) is 0. The maximum Gasteiger partial charge on any atom is 0.164 e. The molecule has 7 aromatic carbocycles. The fourth-order valence-electron chi connectivity index (χ4n) is 7.86. The van der Waals surface area contributed by atoms with Crippen molar-refractivity contribution in [3.8, 4) is 62.1 Å². The molecule has 56 heavy (non-hydrogen) atoms. The zero-order chi connectivity index (χ0) is 37.0. The van der Waals surface area contributed by atoms with Crippen molar-refractivity contribution in [1.82, 2.24) is 24.5 Å². The molecule has 0 fully saturated rings. The van der Waals surface area contributed by atoms with Gasteiger partial charge < -0.3 is 8.98 Å². The highest BCUT2D eigenvalue weighted by Crippen LogP contribution is 2.40. The van der Waals surface area contributed by atoms with Crippen molar-refractivity contribution in [3.05, 3.63) is 188 Å². The average Bonchev–Trinajstić information content (AvgIpc) is 3.82. The number of aromatic nitrogens is 5. The summed E-state index contributed by atoms with van der Waals surface area (Å²) < 4.78 is 8.51. The van der Waals surface area contributed by atoms with Crippen molar-refractivity contribution in [2.45, 2.75) is 0 Å². The van der Waals surface area contributed by atoms with Crippen LogP contribution in [-0.4, -0.2) is 24.5 Å². The Kier molecular flexibility index (Phi) is 7.38. The Morgan fingerprint density at radius 2 is 0.946 bits per heavy atom. The highest BCUT2D eigenvalue weighted by atomic mass is 16.3. The van der Waals surface area contributed by atoms with Crippen LogP contribution in [0.4, 0.5) is 0 Å². The Bertz CT molecular complexity index is 3190. The van der Waals surface area contributed by atoms with Crippen molar-refractivity contribution < 1.29 is 4.42 Å². The van der Waals surface area contributed by atoms with E-state index in [4.69, 9.17) is 24.4 Å². The van der Waals surface area contributed by atoms with Crippen LogP contribution in [0.3, 0.4) is 0 Å². The maximum atomic E-state index is 6.15. The third-order valence-corrected chi connectivity index (χ3v) is 10.5. The minimum Gasteiger partial charge on any atom is -0.456 e. The summed E-state index contributed by atoms with van der Waals surface area (Å²) in [4.78, 5) is 19.8. The van der Waals surface area contributed by atoms with E-state index in [0.717, 1.165) is 88.4 Å². The number of para-hydroxylation sites is 1. The molecule has 0 N–H and O–H groups in total. The van der Waals surface area contributed by atoms with Crippen LogP contribution in [0, 0.1) is 0 Å². The van der Waals surface area contributed by atoms with E-state index in [1.165, 1.54) is 0 Å². The SMILES string of the molecule is c1ccc(-c2nc(-c3ccccc3)nc(-c3cccc(-n4c5ccc(-c6ccc7oc8ccccc8c7c6)cc5c5cncc(-c6ccccc6)c54)c3)n2)cc1. The molecule has 0 saturated heterocycles. The Balaban J connectivity index is 1.12. The van der Waals surface area contributed by atoms with Gasteiger partial charge in [0.15, 0.2) is 17.5 Å². The van der Waals surface area contributed by atoms with Crippen LogP contribution in [0.2, 0.25) is 0 Å². The molecule has 0 aliphatic heterocycles. The van der Waals surface area contributed by atoms with Crippen LogP contribution < -0.4 is 0 Å². The number of benzene rings is 7. The first-order chi connectivity index (χ1) is 27.7. The number of furan rings is 1. The third kappa shape index (κ3) is 5.35. The molecule has 11 rings (SSSR count). The molecule has 0 aliphatic rings. The van der Waals surface area contributed by atoms with Crippen LogP contribution in [0.15, 0.2) is 193 Å². The Labute approximate surface area is 322 Å². The highest BCUT2D eigenvalue weighted by Gasteiger charge is 2.20. The summed E-state index contributed by atoms with van der Waals surface area (Å²) in [6, 6.07) is 60.5. The van der Waals surface area contributed by atoms with E-state index in [2.05, 4.69) is 102 Å². The molecular weight excluding hydrogens is 687 g/mol. The van der Waals surface area contributed by atoms with Gasteiger partial charge >= 0.3 is 0 Å². The average molecular weight is 718 g/mol. The van der Waals surface area contributed by atoms with Crippen molar-refractivity contribution in [2.24, 2.45) is 0 Å². The zero-order valence-electron chi connectivity index (χ0n) is 30.0. The summed E-state index contributed by atoms with van der Waals surface area (Å²) in [5.41, 5.74) is 12.1. The summed E-state index contributed by atoms with van der Waals surface area (Å²) in [6.07, 6.45) is 3.96. The van der Waals surface area contributed by atoms with Crippen molar-refractivity contribution in [3.63, 3.8) is 0 Å². The van der Waals surface area contributed by atoms with E-state index in [1.54, 1.807) is 0 Å². The lowest BCUT2D eigenvalue weighted by molar-refractivity contribution is 0.669. The van der Waals surface area contributed by atoms with Crippen LogP contribution in [0.5, 0.6) is 0 Å². The van der Waals surface area contributed by atoms with E-state index in [-0.39, 0.29) is 0 Å². The lowest BCUT2D eigenvalue weighted by Crippen LogP contribution is -2.01.